The lowest BCUT2D eigenvalue weighted by atomic mass is 10.0. The van der Waals surface area contributed by atoms with Gasteiger partial charge in [-0.1, -0.05) is 20.3 Å². The van der Waals surface area contributed by atoms with E-state index in [1.165, 1.54) is 32.4 Å². The third kappa shape index (κ3) is 3.65. The van der Waals surface area contributed by atoms with Crippen LogP contribution in [0.5, 0.6) is 0 Å². The van der Waals surface area contributed by atoms with E-state index in [0.29, 0.717) is 0 Å². The van der Waals surface area contributed by atoms with Crippen LogP contribution in [0.1, 0.15) is 33.1 Å². The van der Waals surface area contributed by atoms with Crippen molar-refractivity contribution in [1.29, 1.82) is 0 Å². The van der Waals surface area contributed by atoms with E-state index < -0.39 is 0 Å². The van der Waals surface area contributed by atoms with Gasteiger partial charge in [-0.05, 0) is 32.4 Å². The molecule has 1 aliphatic heterocycles. The normalized spacial score (nSPS) is 25.4. The third-order valence-corrected chi connectivity index (χ3v) is 2.79. The van der Waals surface area contributed by atoms with E-state index in [9.17, 15) is 0 Å². The van der Waals surface area contributed by atoms with Gasteiger partial charge in [-0.15, -0.1) is 0 Å². The molecule has 1 saturated heterocycles. The molecule has 1 fully saturated rings. The molecular weight excluding hydrogens is 160 g/mol. The van der Waals surface area contributed by atoms with E-state index in [2.05, 4.69) is 31.1 Å². The van der Waals surface area contributed by atoms with Gasteiger partial charge in [-0.2, -0.15) is 0 Å². The maximum absolute atomic E-state index is 3.30. The first-order valence-electron chi connectivity index (χ1n) is 5.62. The molecule has 0 bridgehead atoms. The monoisotopic (exact) mass is 184 g/mol. The molecule has 2 nitrogen and oxygen atoms in total. The fraction of sp³-hybridized carbons (Fsp3) is 1.00. The smallest absolute Gasteiger partial charge is 0.0220 e. The van der Waals surface area contributed by atoms with Gasteiger partial charge in [0.15, 0.2) is 0 Å². The van der Waals surface area contributed by atoms with Crippen LogP contribution in [0.4, 0.5) is 0 Å². The summed E-state index contributed by atoms with van der Waals surface area (Å²) in [6.07, 6.45) is 4.20. The minimum absolute atomic E-state index is 0.793. The standard InChI is InChI=1S/C11H24N2/c1-10(2)9-13-7-5-4-6-11(13)8-12-3/h10-12H,4-9H2,1-3H3/t11-/m0/s1. The molecule has 0 radical (unpaired) electrons. The lowest BCUT2D eigenvalue weighted by Gasteiger charge is -2.36. The van der Waals surface area contributed by atoms with Crippen molar-refractivity contribution in [3.8, 4) is 0 Å². The summed E-state index contributed by atoms with van der Waals surface area (Å²) in [5.41, 5.74) is 0. The third-order valence-electron chi connectivity index (χ3n) is 2.79. The molecule has 0 aromatic heterocycles. The van der Waals surface area contributed by atoms with Crippen molar-refractivity contribution in [2.75, 3.05) is 26.7 Å². The first-order chi connectivity index (χ1) is 6.24. The highest BCUT2D eigenvalue weighted by Gasteiger charge is 2.21. The van der Waals surface area contributed by atoms with Crippen LogP contribution in [0.25, 0.3) is 0 Å². The number of hydrogen-bond acceptors (Lipinski definition) is 2. The predicted octanol–water partition coefficient (Wildman–Crippen LogP) is 1.72. The van der Waals surface area contributed by atoms with Crippen molar-refractivity contribution in [1.82, 2.24) is 10.2 Å². The van der Waals surface area contributed by atoms with Gasteiger partial charge in [-0.25, -0.2) is 0 Å². The average molecular weight is 184 g/mol. The van der Waals surface area contributed by atoms with Crippen molar-refractivity contribution in [2.24, 2.45) is 5.92 Å². The molecule has 78 valence electrons. The Bertz CT molecular complexity index is 132. The molecule has 0 saturated carbocycles. The highest BCUT2D eigenvalue weighted by atomic mass is 15.2. The van der Waals surface area contributed by atoms with Crippen LogP contribution in [0.15, 0.2) is 0 Å². The fourth-order valence-corrected chi connectivity index (χ4v) is 2.24. The molecule has 0 aliphatic carbocycles. The Morgan fingerprint density at radius 1 is 1.38 bits per heavy atom. The molecule has 0 aromatic carbocycles. The summed E-state index contributed by atoms with van der Waals surface area (Å²) < 4.78 is 0. The highest BCUT2D eigenvalue weighted by Crippen LogP contribution is 2.17. The van der Waals surface area contributed by atoms with E-state index in [0.717, 1.165) is 18.5 Å². The van der Waals surface area contributed by atoms with Crippen LogP contribution in [0.2, 0.25) is 0 Å². The Kier molecular flexibility index (Phi) is 4.74. The van der Waals surface area contributed by atoms with Crippen molar-refractivity contribution in [2.45, 2.75) is 39.2 Å². The lowest BCUT2D eigenvalue weighted by Crippen LogP contribution is -2.46. The van der Waals surface area contributed by atoms with Crippen molar-refractivity contribution in [3.63, 3.8) is 0 Å². The van der Waals surface area contributed by atoms with E-state index in [-0.39, 0.29) is 0 Å². The number of nitrogens with one attached hydrogen (secondary N) is 1. The van der Waals surface area contributed by atoms with E-state index in [4.69, 9.17) is 0 Å². The second-order valence-corrected chi connectivity index (χ2v) is 4.60. The zero-order chi connectivity index (χ0) is 9.68. The molecule has 1 N–H and O–H groups in total. The molecule has 0 amide bonds. The average Bonchev–Trinajstić information content (AvgIpc) is 2.08. The van der Waals surface area contributed by atoms with Crippen molar-refractivity contribution < 1.29 is 0 Å². The molecule has 2 heteroatoms. The highest BCUT2D eigenvalue weighted by molar-refractivity contribution is 4.78. The summed E-state index contributed by atoms with van der Waals surface area (Å²) in [7, 11) is 2.06. The van der Waals surface area contributed by atoms with Gasteiger partial charge >= 0.3 is 0 Å². The first-order valence-corrected chi connectivity index (χ1v) is 5.62. The molecular formula is C11H24N2. The summed E-state index contributed by atoms with van der Waals surface area (Å²) in [6, 6.07) is 0.793. The molecule has 1 aliphatic rings. The van der Waals surface area contributed by atoms with Gasteiger partial charge in [0.1, 0.15) is 0 Å². The number of likely N-dealkylation sites (tertiary alicyclic amines) is 1. The van der Waals surface area contributed by atoms with Crippen LogP contribution in [-0.4, -0.2) is 37.6 Å². The number of likely N-dealkylation sites (N-methyl/N-ethyl adjacent to an activating group) is 1. The molecule has 0 aromatic rings. The predicted molar refractivity (Wildman–Crippen MR) is 58.0 cm³/mol. The Labute approximate surface area is 82.7 Å². The number of hydrogen-bond donors (Lipinski definition) is 1. The summed E-state index contributed by atoms with van der Waals surface area (Å²) >= 11 is 0. The Morgan fingerprint density at radius 3 is 2.77 bits per heavy atom. The number of piperidine rings is 1. The van der Waals surface area contributed by atoms with Gasteiger partial charge in [0.2, 0.25) is 0 Å². The van der Waals surface area contributed by atoms with Crippen LogP contribution < -0.4 is 5.32 Å². The van der Waals surface area contributed by atoms with Crippen LogP contribution >= 0.6 is 0 Å². The minimum Gasteiger partial charge on any atom is -0.318 e. The van der Waals surface area contributed by atoms with Crippen molar-refractivity contribution >= 4 is 0 Å². The van der Waals surface area contributed by atoms with Gasteiger partial charge in [0.05, 0.1) is 0 Å². The zero-order valence-corrected chi connectivity index (χ0v) is 9.34. The summed E-state index contributed by atoms with van der Waals surface area (Å²) in [6.45, 7) is 8.36. The second-order valence-electron chi connectivity index (χ2n) is 4.60. The quantitative estimate of drug-likeness (QED) is 0.715. The van der Waals surface area contributed by atoms with Gasteiger partial charge < -0.3 is 5.32 Å². The molecule has 1 heterocycles. The van der Waals surface area contributed by atoms with Gasteiger partial charge in [0.25, 0.3) is 0 Å². The Balaban J connectivity index is 2.36. The van der Waals surface area contributed by atoms with Crippen LogP contribution in [-0.2, 0) is 0 Å². The Morgan fingerprint density at radius 2 is 2.15 bits per heavy atom. The van der Waals surface area contributed by atoms with Crippen molar-refractivity contribution in [3.05, 3.63) is 0 Å². The first kappa shape index (κ1) is 11.0. The lowest BCUT2D eigenvalue weighted by molar-refractivity contribution is 0.131. The molecule has 1 atom stereocenters. The SMILES string of the molecule is CNC[C@@H]1CCCCN1CC(C)C. The van der Waals surface area contributed by atoms with E-state index >= 15 is 0 Å². The van der Waals surface area contributed by atoms with Crippen LogP contribution in [0, 0.1) is 5.92 Å². The fourth-order valence-electron chi connectivity index (χ4n) is 2.24. The summed E-state index contributed by atoms with van der Waals surface area (Å²) in [5.74, 6) is 0.803. The summed E-state index contributed by atoms with van der Waals surface area (Å²) in [4.78, 5) is 2.66. The van der Waals surface area contributed by atoms with E-state index in [1.807, 2.05) is 0 Å². The second kappa shape index (κ2) is 5.61. The number of rotatable bonds is 4. The minimum atomic E-state index is 0.793. The van der Waals surface area contributed by atoms with Gasteiger partial charge in [-0.3, -0.25) is 4.90 Å². The van der Waals surface area contributed by atoms with E-state index in [1.54, 1.807) is 0 Å². The number of nitrogens with zero attached hydrogens (tertiary/aromatic N) is 1. The Hall–Kier alpha value is -0.0800. The maximum atomic E-state index is 3.30. The summed E-state index contributed by atoms with van der Waals surface area (Å²) in [5, 5.41) is 3.30. The molecule has 1 rings (SSSR count). The molecule has 0 unspecified atom stereocenters. The van der Waals surface area contributed by atoms with Gasteiger partial charge in [0, 0.05) is 19.1 Å². The van der Waals surface area contributed by atoms with Crippen LogP contribution in [0.3, 0.4) is 0 Å². The zero-order valence-electron chi connectivity index (χ0n) is 9.34. The molecule has 13 heavy (non-hydrogen) atoms. The topological polar surface area (TPSA) is 15.3 Å². The molecule has 0 spiro atoms. The largest absolute Gasteiger partial charge is 0.318 e. The maximum Gasteiger partial charge on any atom is 0.0220 e.